The van der Waals surface area contributed by atoms with Crippen molar-refractivity contribution in [2.45, 2.75) is 78.7 Å². The number of rotatable bonds is 3. The number of hydrogen-bond donors (Lipinski definition) is 0. The van der Waals surface area contributed by atoms with Crippen molar-refractivity contribution in [3.8, 4) is 6.07 Å². The Labute approximate surface area is 131 Å². The van der Waals surface area contributed by atoms with Crippen molar-refractivity contribution >= 4 is 0 Å². The molecule has 0 radical (unpaired) electrons. The minimum atomic E-state index is 0.266. The maximum absolute atomic E-state index is 9.58. The summed E-state index contributed by atoms with van der Waals surface area (Å²) in [6.07, 6.45) is 8.85. The van der Waals surface area contributed by atoms with Crippen LogP contribution >= 0.6 is 0 Å². The highest BCUT2D eigenvalue weighted by atomic mass is 15.2. The highest BCUT2D eigenvalue weighted by Crippen LogP contribution is 2.43. The maximum Gasteiger partial charge on any atom is 0.0672 e. The van der Waals surface area contributed by atoms with Crippen LogP contribution in [0, 0.1) is 34.5 Å². The first-order valence-electron chi connectivity index (χ1n) is 9.11. The summed E-state index contributed by atoms with van der Waals surface area (Å²) in [6.45, 7) is 12.0. The topological polar surface area (TPSA) is 27.0 Å². The zero-order chi connectivity index (χ0) is 15.5. The molecular formula is C19H34N2. The van der Waals surface area contributed by atoms with Gasteiger partial charge in [0.05, 0.1) is 12.0 Å². The van der Waals surface area contributed by atoms with Crippen LogP contribution in [0.1, 0.15) is 72.6 Å². The molecule has 120 valence electrons. The normalized spacial score (nSPS) is 36.0. The van der Waals surface area contributed by atoms with Gasteiger partial charge in [-0.15, -0.1) is 0 Å². The molecule has 1 saturated heterocycles. The van der Waals surface area contributed by atoms with Gasteiger partial charge in [-0.1, -0.05) is 34.1 Å². The van der Waals surface area contributed by atoms with Crippen LogP contribution in [0.3, 0.4) is 0 Å². The van der Waals surface area contributed by atoms with Crippen molar-refractivity contribution in [2.24, 2.45) is 23.2 Å². The summed E-state index contributed by atoms with van der Waals surface area (Å²) in [6, 6.07) is 3.15. The smallest absolute Gasteiger partial charge is 0.0672 e. The predicted octanol–water partition coefficient (Wildman–Crippen LogP) is 4.85. The van der Waals surface area contributed by atoms with Crippen molar-refractivity contribution in [2.75, 3.05) is 13.1 Å². The van der Waals surface area contributed by atoms with Crippen molar-refractivity contribution in [3.05, 3.63) is 0 Å². The van der Waals surface area contributed by atoms with E-state index in [1.165, 1.54) is 51.6 Å². The zero-order valence-electron chi connectivity index (χ0n) is 14.6. The summed E-state index contributed by atoms with van der Waals surface area (Å²) in [5.41, 5.74) is 0.428. The van der Waals surface area contributed by atoms with Gasteiger partial charge in [-0.25, -0.2) is 0 Å². The van der Waals surface area contributed by atoms with Crippen molar-refractivity contribution in [1.29, 1.82) is 5.26 Å². The Bertz CT molecular complexity index is 368. The molecule has 4 atom stereocenters. The lowest BCUT2D eigenvalue weighted by Gasteiger charge is -2.45. The van der Waals surface area contributed by atoms with E-state index in [-0.39, 0.29) is 5.92 Å². The van der Waals surface area contributed by atoms with Crippen LogP contribution in [-0.2, 0) is 0 Å². The third kappa shape index (κ3) is 4.01. The van der Waals surface area contributed by atoms with Crippen molar-refractivity contribution in [3.63, 3.8) is 0 Å². The first-order chi connectivity index (χ1) is 9.97. The van der Waals surface area contributed by atoms with E-state index >= 15 is 0 Å². The summed E-state index contributed by atoms with van der Waals surface area (Å²) in [7, 11) is 0. The van der Waals surface area contributed by atoms with E-state index in [0.717, 1.165) is 18.3 Å². The van der Waals surface area contributed by atoms with Crippen LogP contribution in [0.4, 0.5) is 0 Å². The molecule has 21 heavy (non-hydrogen) atoms. The Kier molecular flexibility index (Phi) is 5.72. The average molecular weight is 290 g/mol. The third-order valence-corrected chi connectivity index (χ3v) is 6.52. The third-order valence-electron chi connectivity index (χ3n) is 6.52. The maximum atomic E-state index is 9.58. The molecule has 4 unspecified atom stereocenters. The number of likely N-dealkylation sites (tertiary alicyclic amines) is 1. The SMILES string of the molecule is CCC(C)(C)C1CCC(C#N)C(N2CCCC(C)CC2)C1. The molecule has 1 aliphatic heterocycles. The lowest BCUT2D eigenvalue weighted by atomic mass is 9.66. The first-order valence-corrected chi connectivity index (χ1v) is 9.11. The van der Waals surface area contributed by atoms with E-state index in [0.29, 0.717) is 11.5 Å². The molecule has 0 N–H and O–H groups in total. The molecular weight excluding hydrogens is 256 g/mol. The number of hydrogen-bond acceptors (Lipinski definition) is 2. The van der Waals surface area contributed by atoms with Gasteiger partial charge in [-0.05, 0) is 68.9 Å². The molecule has 2 rings (SSSR count). The van der Waals surface area contributed by atoms with Gasteiger partial charge in [0.15, 0.2) is 0 Å². The molecule has 0 aromatic rings. The molecule has 2 nitrogen and oxygen atoms in total. The number of nitriles is 1. The summed E-state index contributed by atoms with van der Waals surface area (Å²) in [5, 5.41) is 9.58. The lowest BCUT2D eigenvalue weighted by Crippen LogP contribution is -2.46. The van der Waals surface area contributed by atoms with Crippen LogP contribution in [0.2, 0.25) is 0 Å². The van der Waals surface area contributed by atoms with Gasteiger partial charge in [-0.3, -0.25) is 4.90 Å². The van der Waals surface area contributed by atoms with E-state index in [1.807, 2.05) is 0 Å². The Hall–Kier alpha value is -0.550. The van der Waals surface area contributed by atoms with E-state index in [2.05, 4.69) is 38.7 Å². The van der Waals surface area contributed by atoms with E-state index in [4.69, 9.17) is 0 Å². The van der Waals surface area contributed by atoms with Gasteiger partial charge in [0.1, 0.15) is 0 Å². The minimum absolute atomic E-state index is 0.266. The summed E-state index contributed by atoms with van der Waals surface area (Å²) in [5.74, 6) is 1.92. The average Bonchev–Trinajstić information content (AvgIpc) is 2.71. The van der Waals surface area contributed by atoms with Gasteiger partial charge in [-0.2, -0.15) is 5.26 Å². The summed E-state index contributed by atoms with van der Waals surface area (Å²) in [4.78, 5) is 2.68. The summed E-state index contributed by atoms with van der Waals surface area (Å²) < 4.78 is 0. The molecule has 0 spiro atoms. The van der Waals surface area contributed by atoms with E-state index in [1.54, 1.807) is 0 Å². The fourth-order valence-corrected chi connectivity index (χ4v) is 4.32. The Morgan fingerprint density at radius 3 is 2.57 bits per heavy atom. The minimum Gasteiger partial charge on any atom is -0.299 e. The van der Waals surface area contributed by atoms with Crippen molar-refractivity contribution in [1.82, 2.24) is 4.90 Å². The molecule has 0 bridgehead atoms. The molecule has 2 aliphatic rings. The van der Waals surface area contributed by atoms with Crippen LogP contribution < -0.4 is 0 Å². The van der Waals surface area contributed by atoms with Crippen LogP contribution in [0.25, 0.3) is 0 Å². The van der Waals surface area contributed by atoms with Gasteiger partial charge in [0.25, 0.3) is 0 Å². The van der Waals surface area contributed by atoms with Crippen LogP contribution in [0.15, 0.2) is 0 Å². The Morgan fingerprint density at radius 1 is 1.14 bits per heavy atom. The number of nitrogens with zero attached hydrogens (tertiary/aromatic N) is 2. The van der Waals surface area contributed by atoms with Crippen molar-refractivity contribution < 1.29 is 0 Å². The van der Waals surface area contributed by atoms with Gasteiger partial charge >= 0.3 is 0 Å². The zero-order valence-corrected chi connectivity index (χ0v) is 14.6. The van der Waals surface area contributed by atoms with E-state index in [9.17, 15) is 5.26 Å². The quantitative estimate of drug-likeness (QED) is 0.742. The fourth-order valence-electron chi connectivity index (χ4n) is 4.32. The molecule has 0 aromatic carbocycles. The predicted molar refractivity (Wildman–Crippen MR) is 88.9 cm³/mol. The monoisotopic (exact) mass is 290 g/mol. The molecule has 1 aliphatic carbocycles. The molecule has 1 heterocycles. The van der Waals surface area contributed by atoms with Crippen LogP contribution in [-0.4, -0.2) is 24.0 Å². The largest absolute Gasteiger partial charge is 0.299 e. The van der Waals surface area contributed by atoms with Crippen LogP contribution in [0.5, 0.6) is 0 Å². The molecule has 0 amide bonds. The second kappa shape index (κ2) is 7.14. The first kappa shape index (κ1) is 16.8. The highest BCUT2D eigenvalue weighted by molar-refractivity contribution is 5.00. The summed E-state index contributed by atoms with van der Waals surface area (Å²) >= 11 is 0. The molecule has 2 fully saturated rings. The highest BCUT2D eigenvalue weighted by Gasteiger charge is 2.39. The Morgan fingerprint density at radius 2 is 1.90 bits per heavy atom. The molecule has 1 saturated carbocycles. The van der Waals surface area contributed by atoms with Gasteiger partial charge in [0.2, 0.25) is 0 Å². The molecule has 0 aromatic heterocycles. The van der Waals surface area contributed by atoms with Gasteiger partial charge < -0.3 is 0 Å². The van der Waals surface area contributed by atoms with Gasteiger partial charge in [0, 0.05) is 6.04 Å². The molecule has 2 heteroatoms. The fraction of sp³-hybridized carbons (Fsp3) is 0.947. The standard InChI is InChI=1S/C19H34N2/c1-5-19(3,4)17-9-8-16(14-20)18(13-17)21-11-6-7-15(2)10-12-21/h15-18H,5-13H2,1-4H3. The van der Waals surface area contributed by atoms with E-state index < -0.39 is 0 Å². The lowest BCUT2D eigenvalue weighted by molar-refractivity contribution is 0.0528. The Balaban J connectivity index is 2.08. The second-order valence-corrected chi connectivity index (χ2v) is 8.23. The second-order valence-electron chi connectivity index (χ2n) is 8.23.